The van der Waals surface area contributed by atoms with Gasteiger partial charge in [0.25, 0.3) is 0 Å². The van der Waals surface area contributed by atoms with Crippen LogP contribution in [0.5, 0.6) is 0 Å². The lowest BCUT2D eigenvalue weighted by Crippen LogP contribution is -2.28. The highest BCUT2D eigenvalue weighted by Gasteiger charge is 2.46. The first kappa shape index (κ1) is 43.1. The van der Waals surface area contributed by atoms with Crippen molar-refractivity contribution in [3.05, 3.63) is 300 Å². The van der Waals surface area contributed by atoms with Crippen LogP contribution < -0.4 is 9.80 Å². The molecule has 0 bridgehead atoms. The molecule has 0 aliphatic heterocycles. The maximum Gasteiger partial charge on any atom is 0.0713 e. The third kappa shape index (κ3) is 6.69. The second kappa shape index (κ2) is 16.9. The van der Waals surface area contributed by atoms with Crippen molar-refractivity contribution in [2.75, 3.05) is 9.80 Å². The first-order valence-corrected chi connectivity index (χ1v) is 26.1. The van der Waals surface area contributed by atoms with Crippen LogP contribution in [0.15, 0.2) is 267 Å². The zero-order chi connectivity index (χ0) is 48.7. The van der Waals surface area contributed by atoms with Crippen LogP contribution in [0, 0.1) is 0 Å². The molecule has 0 amide bonds. The van der Waals surface area contributed by atoms with Crippen LogP contribution in [-0.4, -0.2) is 0 Å². The average molecular weight is 951 g/mol. The van der Waals surface area contributed by atoms with Crippen LogP contribution in [0.2, 0.25) is 0 Å². The highest BCUT2D eigenvalue weighted by molar-refractivity contribution is 7.26. The lowest BCUT2D eigenvalue weighted by Gasteiger charge is -2.34. The highest BCUT2D eigenvalue weighted by atomic mass is 32.1. The summed E-state index contributed by atoms with van der Waals surface area (Å²) in [4.78, 5) is 4.91. The van der Waals surface area contributed by atoms with Crippen LogP contribution in [0.4, 0.5) is 34.1 Å². The fraction of sp³-hybridized carbons (Fsp3) is 0.0571. The molecule has 0 atom stereocenters. The number of rotatable bonds is 9. The van der Waals surface area contributed by atoms with E-state index in [1.807, 2.05) is 11.3 Å². The van der Waals surface area contributed by atoms with Crippen LogP contribution in [0.3, 0.4) is 0 Å². The van der Waals surface area contributed by atoms with Gasteiger partial charge in [0.15, 0.2) is 0 Å². The SMILES string of the molecule is CC1(C)c2ccccc2-c2cc(N(c3ccc4c(c3)-c3ccccc3C4(c3ccccc3)c3ccccc3)c3ccc4c(c3)sc3cccc(N(c5ccccc5)c5ccc(-c6ccccc6)cc5)c34)ccc21. The minimum Gasteiger partial charge on any atom is -0.310 e. The van der Waals surface area contributed by atoms with E-state index in [1.165, 1.54) is 86.9 Å². The van der Waals surface area contributed by atoms with Crippen molar-refractivity contribution < 1.29 is 0 Å². The van der Waals surface area contributed by atoms with Crippen molar-refractivity contribution in [1.29, 1.82) is 0 Å². The Kier molecular flexibility index (Phi) is 10.00. The van der Waals surface area contributed by atoms with Gasteiger partial charge >= 0.3 is 0 Å². The molecule has 2 aliphatic rings. The van der Waals surface area contributed by atoms with Crippen molar-refractivity contribution in [3.63, 3.8) is 0 Å². The van der Waals surface area contributed by atoms with E-state index in [0.717, 1.165) is 34.1 Å². The van der Waals surface area contributed by atoms with Crippen LogP contribution in [0.1, 0.15) is 47.2 Å². The number of hydrogen-bond acceptors (Lipinski definition) is 3. The molecule has 0 spiro atoms. The number of para-hydroxylation sites is 1. The summed E-state index contributed by atoms with van der Waals surface area (Å²) in [6.45, 7) is 4.72. The lowest BCUT2D eigenvalue weighted by atomic mass is 9.68. The van der Waals surface area contributed by atoms with Crippen molar-refractivity contribution >= 4 is 65.6 Å². The normalized spacial score (nSPS) is 13.6. The number of fused-ring (bicyclic) bond motifs is 9. The Morgan fingerprint density at radius 2 is 0.781 bits per heavy atom. The Hall–Kier alpha value is -8.76. The lowest BCUT2D eigenvalue weighted by molar-refractivity contribution is 0.660. The van der Waals surface area contributed by atoms with E-state index in [0.29, 0.717) is 0 Å². The summed E-state index contributed by atoms with van der Waals surface area (Å²) in [6, 6.07) is 98.9. The van der Waals surface area contributed by atoms with Gasteiger partial charge in [-0.15, -0.1) is 11.3 Å². The standard InChI is InChI=1S/C70H50N2S/c1-69(2)61-30-17-15-28-56(61)59-44-53(39-42-62(59)69)71(54-40-43-64-60(45-54)57-29-16-18-31-63(57)70(64,49-22-9-4-10-23-49)50-24-11-5-12-25-50)55-38-41-58-67(46-55)73-66-33-19-32-65(68(58)66)72(51-26-13-6-14-27-51)52-36-34-48(35-37-52)47-20-7-3-8-21-47/h3-46H,1-2H3. The molecule has 2 nitrogen and oxygen atoms in total. The Morgan fingerprint density at radius 1 is 0.315 bits per heavy atom. The molecule has 12 aromatic rings. The molecule has 1 aromatic heterocycles. The van der Waals surface area contributed by atoms with Crippen LogP contribution in [0.25, 0.3) is 53.6 Å². The maximum absolute atomic E-state index is 2.50. The van der Waals surface area contributed by atoms with Gasteiger partial charge in [0.1, 0.15) is 0 Å². The van der Waals surface area contributed by atoms with E-state index in [1.54, 1.807) is 0 Å². The van der Waals surface area contributed by atoms with E-state index < -0.39 is 5.41 Å². The molecule has 73 heavy (non-hydrogen) atoms. The second-order valence-electron chi connectivity index (χ2n) is 20.0. The molecule has 3 heteroatoms. The average Bonchev–Trinajstić information content (AvgIpc) is 4.05. The zero-order valence-electron chi connectivity index (χ0n) is 40.7. The summed E-state index contributed by atoms with van der Waals surface area (Å²) in [7, 11) is 0. The topological polar surface area (TPSA) is 6.48 Å². The molecule has 0 saturated carbocycles. The van der Waals surface area contributed by atoms with Crippen molar-refractivity contribution in [2.45, 2.75) is 24.7 Å². The van der Waals surface area contributed by atoms with E-state index in [2.05, 4.69) is 291 Å². The molecule has 1 heterocycles. The van der Waals surface area contributed by atoms with E-state index in [9.17, 15) is 0 Å². The Morgan fingerprint density at radius 3 is 1.45 bits per heavy atom. The zero-order valence-corrected chi connectivity index (χ0v) is 41.5. The minimum absolute atomic E-state index is 0.101. The molecule has 346 valence electrons. The number of benzene rings is 11. The van der Waals surface area contributed by atoms with E-state index >= 15 is 0 Å². The predicted molar refractivity (Wildman–Crippen MR) is 309 cm³/mol. The third-order valence-electron chi connectivity index (χ3n) is 15.7. The number of thiophene rings is 1. The van der Waals surface area contributed by atoms with Crippen molar-refractivity contribution in [1.82, 2.24) is 0 Å². The van der Waals surface area contributed by atoms with E-state index in [-0.39, 0.29) is 5.41 Å². The summed E-state index contributed by atoms with van der Waals surface area (Å²) in [5.74, 6) is 0. The Bertz CT molecular complexity index is 4010. The maximum atomic E-state index is 2.50. The quantitative estimate of drug-likeness (QED) is 0.142. The van der Waals surface area contributed by atoms with Gasteiger partial charge in [-0.1, -0.05) is 208 Å². The summed E-state index contributed by atoms with van der Waals surface area (Å²) in [6.07, 6.45) is 0. The molecular formula is C70H50N2S. The smallest absolute Gasteiger partial charge is 0.0713 e. The molecular weight excluding hydrogens is 901 g/mol. The summed E-state index contributed by atoms with van der Waals surface area (Å²) in [5, 5.41) is 2.49. The molecule has 0 saturated heterocycles. The fourth-order valence-corrected chi connectivity index (χ4v) is 13.6. The third-order valence-corrected chi connectivity index (χ3v) is 16.8. The monoisotopic (exact) mass is 950 g/mol. The van der Waals surface area contributed by atoms with E-state index in [4.69, 9.17) is 0 Å². The van der Waals surface area contributed by atoms with Crippen LogP contribution >= 0.6 is 11.3 Å². The van der Waals surface area contributed by atoms with Crippen LogP contribution in [-0.2, 0) is 10.8 Å². The number of anilines is 6. The molecule has 0 unspecified atom stereocenters. The fourth-order valence-electron chi connectivity index (χ4n) is 12.4. The molecule has 0 fully saturated rings. The summed E-state index contributed by atoms with van der Waals surface area (Å²) < 4.78 is 2.49. The molecule has 14 rings (SSSR count). The summed E-state index contributed by atoms with van der Waals surface area (Å²) >= 11 is 1.87. The molecule has 2 aliphatic carbocycles. The predicted octanol–water partition coefficient (Wildman–Crippen LogP) is 19.3. The van der Waals surface area contributed by atoms with Crippen molar-refractivity contribution in [2.24, 2.45) is 0 Å². The number of nitrogens with zero attached hydrogens (tertiary/aromatic N) is 2. The van der Waals surface area contributed by atoms with Crippen molar-refractivity contribution in [3.8, 4) is 33.4 Å². The molecule has 11 aromatic carbocycles. The minimum atomic E-state index is -0.480. The molecule has 0 radical (unpaired) electrons. The first-order valence-electron chi connectivity index (χ1n) is 25.3. The highest BCUT2D eigenvalue weighted by Crippen LogP contribution is 2.58. The second-order valence-corrected chi connectivity index (χ2v) is 21.1. The Balaban J connectivity index is 0.962. The number of hydrogen-bond donors (Lipinski definition) is 0. The first-order chi connectivity index (χ1) is 36.0. The van der Waals surface area contributed by atoms with Gasteiger partial charge in [-0.05, 0) is 140 Å². The molecule has 0 N–H and O–H groups in total. The van der Waals surface area contributed by atoms with Gasteiger partial charge < -0.3 is 9.80 Å². The summed E-state index contributed by atoms with van der Waals surface area (Å²) in [5.41, 5.74) is 21.6. The largest absolute Gasteiger partial charge is 0.310 e. The van der Waals surface area contributed by atoms with Gasteiger partial charge in [-0.25, -0.2) is 0 Å². The van der Waals surface area contributed by atoms with Gasteiger partial charge in [-0.2, -0.15) is 0 Å². The van der Waals surface area contributed by atoms with Gasteiger partial charge in [0.2, 0.25) is 0 Å². The van der Waals surface area contributed by atoms with Gasteiger partial charge in [0.05, 0.1) is 11.1 Å². The van der Waals surface area contributed by atoms with Gasteiger partial charge in [-0.3, -0.25) is 0 Å². The Labute approximate surface area is 431 Å². The van der Waals surface area contributed by atoms with Gasteiger partial charge in [0, 0.05) is 54.0 Å².